The number of likely N-dealkylation sites (tertiary alicyclic amines) is 1. The number of amides is 2. The number of nitrogens with one attached hydrogen (secondary N) is 1. The third kappa shape index (κ3) is 2.57. The van der Waals surface area contributed by atoms with Gasteiger partial charge in [-0.05, 0) is 38.8 Å². The predicted molar refractivity (Wildman–Crippen MR) is 80.4 cm³/mol. The van der Waals surface area contributed by atoms with Gasteiger partial charge in [0.1, 0.15) is 6.04 Å². The Kier molecular flexibility index (Phi) is 3.74. The molecule has 2 amide bonds. The molecule has 2 heterocycles. The van der Waals surface area contributed by atoms with Crippen molar-refractivity contribution in [3.05, 3.63) is 23.5 Å². The van der Waals surface area contributed by atoms with Gasteiger partial charge in [0.15, 0.2) is 0 Å². The van der Waals surface area contributed by atoms with Crippen LogP contribution in [0.1, 0.15) is 49.9 Å². The first-order chi connectivity index (χ1) is 10.1. The van der Waals surface area contributed by atoms with Crippen molar-refractivity contribution in [2.45, 2.75) is 64.5 Å². The topological polar surface area (TPSA) is 54.3 Å². The molecule has 1 aliphatic heterocycles. The SMILES string of the molecule is Cc1ccc(C)n1NC1CC(=O)N(C2CCCCC2)C1=O. The maximum Gasteiger partial charge on any atom is 0.254 e. The lowest BCUT2D eigenvalue weighted by Crippen LogP contribution is -2.44. The number of aryl methyl sites for hydroxylation is 2. The van der Waals surface area contributed by atoms with Crippen LogP contribution in [-0.2, 0) is 9.59 Å². The molecule has 2 fully saturated rings. The van der Waals surface area contributed by atoms with E-state index in [2.05, 4.69) is 5.43 Å². The summed E-state index contributed by atoms with van der Waals surface area (Å²) in [5.74, 6) is -0.0775. The van der Waals surface area contributed by atoms with Crippen molar-refractivity contribution in [3.8, 4) is 0 Å². The molecule has 0 aromatic carbocycles. The van der Waals surface area contributed by atoms with E-state index in [1.165, 1.54) is 11.3 Å². The van der Waals surface area contributed by atoms with Gasteiger partial charge in [0.2, 0.25) is 5.91 Å². The second-order valence-corrected chi connectivity index (χ2v) is 6.23. The van der Waals surface area contributed by atoms with Crippen LogP contribution in [-0.4, -0.2) is 33.5 Å². The molecule has 1 atom stereocenters. The van der Waals surface area contributed by atoms with Crippen molar-refractivity contribution in [1.29, 1.82) is 0 Å². The molecule has 0 spiro atoms. The Labute approximate surface area is 125 Å². The minimum atomic E-state index is -0.427. The molecule has 3 rings (SSSR count). The monoisotopic (exact) mass is 289 g/mol. The zero-order chi connectivity index (χ0) is 15.0. The molecule has 1 saturated heterocycles. The fourth-order valence-electron chi connectivity index (χ4n) is 3.50. The minimum absolute atomic E-state index is 0.0214. The van der Waals surface area contributed by atoms with Crippen molar-refractivity contribution < 1.29 is 9.59 Å². The number of hydrogen-bond donors (Lipinski definition) is 1. The summed E-state index contributed by atoms with van der Waals surface area (Å²) >= 11 is 0. The standard InChI is InChI=1S/C16H23N3O2/c1-11-8-9-12(2)19(11)17-14-10-15(20)18(16(14)21)13-6-4-3-5-7-13/h8-9,13-14,17H,3-7,10H2,1-2H3. The average molecular weight is 289 g/mol. The Morgan fingerprint density at radius 2 is 1.67 bits per heavy atom. The Balaban J connectivity index is 1.74. The summed E-state index contributed by atoms with van der Waals surface area (Å²) < 4.78 is 1.90. The summed E-state index contributed by atoms with van der Waals surface area (Å²) in [6, 6.07) is 3.70. The lowest BCUT2D eigenvalue weighted by molar-refractivity contribution is -0.142. The van der Waals surface area contributed by atoms with E-state index in [-0.39, 0.29) is 24.3 Å². The first kappa shape index (κ1) is 14.2. The maximum absolute atomic E-state index is 12.6. The highest BCUT2D eigenvalue weighted by Crippen LogP contribution is 2.27. The Morgan fingerprint density at radius 3 is 2.29 bits per heavy atom. The quantitative estimate of drug-likeness (QED) is 0.867. The molecule has 0 bridgehead atoms. The van der Waals surface area contributed by atoms with Crippen LogP contribution in [0.4, 0.5) is 0 Å². The van der Waals surface area contributed by atoms with E-state index >= 15 is 0 Å². The van der Waals surface area contributed by atoms with Crippen LogP contribution >= 0.6 is 0 Å². The Bertz CT molecular complexity index is 538. The fraction of sp³-hybridized carbons (Fsp3) is 0.625. The Hall–Kier alpha value is -1.78. The van der Waals surface area contributed by atoms with E-state index in [9.17, 15) is 9.59 Å². The van der Waals surface area contributed by atoms with E-state index in [1.54, 1.807) is 0 Å². The van der Waals surface area contributed by atoms with Gasteiger partial charge in [-0.1, -0.05) is 19.3 Å². The summed E-state index contributed by atoms with van der Waals surface area (Å²) in [5, 5.41) is 0. The largest absolute Gasteiger partial charge is 0.313 e. The van der Waals surface area contributed by atoms with Gasteiger partial charge in [0.05, 0.1) is 6.42 Å². The zero-order valence-electron chi connectivity index (χ0n) is 12.8. The van der Waals surface area contributed by atoms with E-state index in [0.29, 0.717) is 0 Å². The first-order valence-corrected chi connectivity index (χ1v) is 7.85. The van der Waals surface area contributed by atoms with E-state index in [1.807, 2.05) is 30.7 Å². The summed E-state index contributed by atoms with van der Waals surface area (Å²) in [7, 11) is 0. The van der Waals surface area contributed by atoms with Crippen molar-refractivity contribution in [2.75, 3.05) is 5.43 Å². The van der Waals surface area contributed by atoms with Crippen LogP contribution in [0.3, 0.4) is 0 Å². The molecule has 1 aromatic heterocycles. The van der Waals surface area contributed by atoms with Gasteiger partial charge >= 0.3 is 0 Å². The normalized spacial score (nSPS) is 23.9. The van der Waals surface area contributed by atoms with Crippen molar-refractivity contribution in [2.24, 2.45) is 0 Å². The van der Waals surface area contributed by atoms with Crippen molar-refractivity contribution >= 4 is 11.8 Å². The fourth-order valence-corrected chi connectivity index (χ4v) is 3.50. The van der Waals surface area contributed by atoms with Crippen LogP contribution in [0.2, 0.25) is 0 Å². The number of aromatic nitrogens is 1. The summed E-state index contributed by atoms with van der Waals surface area (Å²) in [4.78, 5) is 26.4. The molecule has 1 N–H and O–H groups in total. The van der Waals surface area contributed by atoms with E-state index < -0.39 is 6.04 Å². The zero-order valence-corrected chi connectivity index (χ0v) is 12.8. The smallest absolute Gasteiger partial charge is 0.254 e. The highest BCUT2D eigenvalue weighted by atomic mass is 16.2. The van der Waals surface area contributed by atoms with E-state index in [4.69, 9.17) is 0 Å². The number of carbonyl (C=O) groups is 2. The van der Waals surface area contributed by atoms with Gasteiger partial charge in [-0.3, -0.25) is 19.2 Å². The van der Waals surface area contributed by atoms with Gasteiger partial charge in [-0.15, -0.1) is 0 Å². The molecule has 2 aliphatic rings. The average Bonchev–Trinajstić information content (AvgIpc) is 2.94. The number of hydrogen-bond acceptors (Lipinski definition) is 3. The van der Waals surface area contributed by atoms with Crippen LogP contribution in [0.15, 0.2) is 12.1 Å². The highest BCUT2D eigenvalue weighted by molar-refractivity contribution is 6.06. The van der Waals surface area contributed by atoms with Gasteiger partial charge in [-0.25, -0.2) is 0 Å². The van der Waals surface area contributed by atoms with Gasteiger partial charge < -0.3 is 5.43 Å². The number of imide groups is 1. The third-order valence-corrected chi connectivity index (χ3v) is 4.68. The second kappa shape index (κ2) is 5.54. The molecule has 1 saturated carbocycles. The number of nitrogens with zero attached hydrogens (tertiary/aromatic N) is 2. The van der Waals surface area contributed by atoms with Crippen molar-refractivity contribution in [3.63, 3.8) is 0 Å². The lowest BCUT2D eigenvalue weighted by atomic mass is 9.94. The highest BCUT2D eigenvalue weighted by Gasteiger charge is 2.42. The molecular weight excluding hydrogens is 266 g/mol. The van der Waals surface area contributed by atoms with Gasteiger partial charge in [0.25, 0.3) is 5.91 Å². The molecule has 114 valence electrons. The lowest BCUT2D eigenvalue weighted by Gasteiger charge is -2.29. The summed E-state index contributed by atoms with van der Waals surface area (Å²) in [5.41, 5.74) is 5.30. The second-order valence-electron chi connectivity index (χ2n) is 6.23. The molecule has 1 aromatic rings. The summed E-state index contributed by atoms with van der Waals surface area (Å²) in [6.07, 6.45) is 5.66. The van der Waals surface area contributed by atoms with Gasteiger partial charge in [-0.2, -0.15) is 0 Å². The minimum Gasteiger partial charge on any atom is -0.313 e. The first-order valence-electron chi connectivity index (χ1n) is 7.85. The number of rotatable bonds is 3. The number of carbonyl (C=O) groups excluding carboxylic acids is 2. The predicted octanol–water partition coefficient (Wildman–Crippen LogP) is 2.11. The van der Waals surface area contributed by atoms with Gasteiger partial charge in [0, 0.05) is 17.4 Å². The van der Waals surface area contributed by atoms with Crippen LogP contribution in [0.5, 0.6) is 0 Å². The molecule has 5 nitrogen and oxygen atoms in total. The summed E-state index contributed by atoms with van der Waals surface area (Å²) in [6.45, 7) is 3.97. The molecule has 1 unspecified atom stereocenters. The molecule has 5 heteroatoms. The molecule has 0 radical (unpaired) electrons. The van der Waals surface area contributed by atoms with Crippen LogP contribution in [0.25, 0.3) is 0 Å². The van der Waals surface area contributed by atoms with E-state index in [0.717, 1.165) is 37.1 Å². The molecule has 21 heavy (non-hydrogen) atoms. The van der Waals surface area contributed by atoms with Crippen LogP contribution < -0.4 is 5.43 Å². The molecular formula is C16H23N3O2. The van der Waals surface area contributed by atoms with Crippen molar-refractivity contribution in [1.82, 2.24) is 9.58 Å². The van der Waals surface area contributed by atoms with Crippen LogP contribution in [0, 0.1) is 13.8 Å². The Morgan fingerprint density at radius 1 is 1.05 bits per heavy atom. The maximum atomic E-state index is 12.6. The molecule has 1 aliphatic carbocycles. The third-order valence-electron chi connectivity index (χ3n) is 4.68.